The Morgan fingerprint density at radius 2 is 1.96 bits per heavy atom. The molecule has 130 valence electrons. The number of amides is 1. The number of hydrogen-bond acceptors (Lipinski definition) is 2. The van der Waals surface area contributed by atoms with Gasteiger partial charge in [-0.05, 0) is 68.1 Å². The molecule has 3 N–H and O–H groups in total. The summed E-state index contributed by atoms with van der Waals surface area (Å²) < 4.78 is 13.5. The zero-order chi connectivity index (χ0) is 16.7. The molecule has 1 aromatic rings. The van der Waals surface area contributed by atoms with Gasteiger partial charge in [-0.25, -0.2) is 4.39 Å². The summed E-state index contributed by atoms with van der Waals surface area (Å²) in [6.07, 6.45) is 7.55. The first-order chi connectivity index (χ1) is 11.6. The van der Waals surface area contributed by atoms with Crippen LogP contribution >= 0.6 is 0 Å². The van der Waals surface area contributed by atoms with Crippen LogP contribution in [0, 0.1) is 23.6 Å². The lowest BCUT2D eigenvalue weighted by molar-refractivity contribution is -0.128. The van der Waals surface area contributed by atoms with Gasteiger partial charge in [0.05, 0.1) is 0 Å². The number of hydrogen-bond donors (Lipinski definition) is 2. The Balaban J connectivity index is 1.37. The number of nitrogens with two attached hydrogens (primary N) is 1. The third kappa shape index (κ3) is 2.97. The molecule has 4 heteroatoms. The molecule has 0 spiro atoms. The molecule has 0 radical (unpaired) electrons. The monoisotopic (exact) mass is 330 g/mol. The van der Waals surface area contributed by atoms with Gasteiger partial charge in [-0.1, -0.05) is 18.6 Å². The van der Waals surface area contributed by atoms with Gasteiger partial charge < -0.3 is 11.1 Å². The average Bonchev–Trinajstić information content (AvgIpc) is 3.33. The van der Waals surface area contributed by atoms with Gasteiger partial charge in [-0.3, -0.25) is 4.79 Å². The SMILES string of the molecule is NC1C2CCCC1CC(C(=O)NCC1(c3cccc(F)c3)CC1)C2. The normalized spacial score (nSPS) is 33.8. The van der Waals surface area contributed by atoms with E-state index in [2.05, 4.69) is 5.32 Å². The van der Waals surface area contributed by atoms with Crippen LogP contribution in [0.25, 0.3) is 0 Å². The number of fused-ring (bicyclic) bond motifs is 2. The maximum absolute atomic E-state index is 13.5. The number of carbonyl (C=O) groups is 1. The van der Waals surface area contributed by atoms with Crippen molar-refractivity contribution in [2.75, 3.05) is 6.54 Å². The van der Waals surface area contributed by atoms with Gasteiger partial charge in [0.25, 0.3) is 0 Å². The smallest absolute Gasteiger partial charge is 0.223 e. The fourth-order valence-electron chi connectivity index (χ4n) is 4.94. The molecular weight excluding hydrogens is 303 g/mol. The Labute approximate surface area is 143 Å². The van der Waals surface area contributed by atoms with Crippen LogP contribution in [0.5, 0.6) is 0 Å². The molecule has 24 heavy (non-hydrogen) atoms. The van der Waals surface area contributed by atoms with Crippen LogP contribution in [-0.4, -0.2) is 18.5 Å². The third-order valence-corrected chi connectivity index (χ3v) is 6.68. The second kappa shape index (κ2) is 6.14. The van der Waals surface area contributed by atoms with Gasteiger partial charge >= 0.3 is 0 Å². The fourth-order valence-corrected chi connectivity index (χ4v) is 4.94. The van der Waals surface area contributed by atoms with E-state index in [0.29, 0.717) is 24.4 Å². The number of rotatable bonds is 4. The Morgan fingerprint density at radius 3 is 2.58 bits per heavy atom. The molecule has 2 bridgehead atoms. The van der Waals surface area contributed by atoms with Crippen LogP contribution in [0.4, 0.5) is 4.39 Å². The lowest BCUT2D eigenvalue weighted by atomic mass is 9.65. The summed E-state index contributed by atoms with van der Waals surface area (Å²) in [6.45, 7) is 0.632. The Hall–Kier alpha value is -1.42. The van der Waals surface area contributed by atoms with E-state index in [1.807, 2.05) is 6.07 Å². The average molecular weight is 330 g/mol. The van der Waals surface area contributed by atoms with Crippen molar-refractivity contribution in [1.29, 1.82) is 0 Å². The minimum Gasteiger partial charge on any atom is -0.355 e. The van der Waals surface area contributed by atoms with Crippen molar-refractivity contribution in [2.24, 2.45) is 23.5 Å². The molecule has 4 rings (SSSR count). The zero-order valence-electron chi connectivity index (χ0n) is 14.1. The van der Waals surface area contributed by atoms with Crippen LogP contribution in [0.1, 0.15) is 50.5 Å². The van der Waals surface area contributed by atoms with E-state index in [-0.39, 0.29) is 23.1 Å². The number of halogens is 1. The highest BCUT2D eigenvalue weighted by Gasteiger charge is 2.45. The van der Waals surface area contributed by atoms with Crippen molar-refractivity contribution in [1.82, 2.24) is 5.32 Å². The van der Waals surface area contributed by atoms with Crippen molar-refractivity contribution in [3.05, 3.63) is 35.6 Å². The molecule has 0 heterocycles. The first-order valence-electron chi connectivity index (χ1n) is 9.37. The molecule has 1 amide bonds. The molecule has 1 aromatic carbocycles. The second-order valence-electron chi connectivity index (χ2n) is 8.21. The van der Waals surface area contributed by atoms with E-state index in [1.165, 1.54) is 25.3 Å². The summed E-state index contributed by atoms with van der Waals surface area (Å²) in [6, 6.07) is 7.12. The summed E-state index contributed by atoms with van der Waals surface area (Å²) in [5.41, 5.74) is 7.30. The first kappa shape index (κ1) is 16.1. The van der Waals surface area contributed by atoms with Crippen molar-refractivity contribution in [3.63, 3.8) is 0 Å². The molecular formula is C20H27FN2O. The van der Waals surface area contributed by atoms with Crippen LogP contribution in [0.15, 0.2) is 24.3 Å². The molecule has 2 unspecified atom stereocenters. The Morgan fingerprint density at radius 1 is 1.25 bits per heavy atom. The molecule has 3 fully saturated rings. The van der Waals surface area contributed by atoms with Gasteiger partial charge in [0.2, 0.25) is 5.91 Å². The molecule has 3 saturated carbocycles. The highest BCUT2D eigenvalue weighted by Crippen LogP contribution is 2.48. The van der Waals surface area contributed by atoms with Crippen molar-refractivity contribution < 1.29 is 9.18 Å². The third-order valence-electron chi connectivity index (χ3n) is 6.68. The minimum atomic E-state index is -0.195. The van der Waals surface area contributed by atoms with Gasteiger partial charge in [0.15, 0.2) is 0 Å². The van der Waals surface area contributed by atoms with E-state index >= 15 is 0 Å². The Bertz CT molecular complexity index is 614. The maximum Gasteiger partial charge on any atom is 0.223 e. The first-order valence-corrected chi connectivity index (χ1v) is 9.37. The quantitative estimate of drug-likeness (QED) is 0.891. The van der Waals surface area contributed by atoms with E-state index in [0.717, 1.165) is 31.2 Å². The van der Waals surface area contributed by atoms with E-state index in [1.54, 1.807) is 12.1 Å². The second-order valence-corrected chi connectivity index (χ2v) is 8.21. The highest BCUT2D eigenvalue weighted by molar-refractivity contribution is 5.79. The van der Waals surface area contributed by atoms with E-state index < -0.39 is 0 Å². The molecule has 3 aliphatic rings. The number of carbonyl (C=O) groups excluding carboxylic acids is 1. The van der Waals surface area contributed by atoms with Gasteiger partial charge in [0, 0.05) is 23.9 Å². The van der Waals surface area contributed by atoms with Crippen molar-refractivity contribution in [2.45, 2.75) is 56.4 Å². The van der Waals surface area contributed by atoms with Crippen molar-refractivity contribution >= 4 is 5.91 Å². The lowest BCUT2D eigenvalue weighted by Crippen LogP contribution is -2.49. The van der Waals surface area contributed by atoms with Crippen LogP contribution in [0.2, 0.25) is 0 Å². The lowest BCUT2D eigenvalue weighted by Gasteiger charge is -2.43. The van der Waals surface area contributed by atoms with Gasteiger partial charge in [-0.2, -0.15) is 0 Å². The minimum absolute atomic E-state index is 0.0430. The van der Waals surface area contributed by atoms with Crippen molar-refractivity contribution in [3.8, 4) is 0 Å². The fraction of sp³-hybridized carbons (Fsp3) is 0.650. The highest BCUT2D eigenvalue weighted by atomic mass is 19.1. The van der Waals surface area contributed by atoms with Crippen LogP contribution in [0.3, 0.4) is 0 Å². The largest absolute Gasteiger partial charge is 0.355 e. The molecule has 3 aliphatic carbocycles. The molecule has 3 nitrogen and oxygen atoms in total. The van der Waals surface area contributed by atoms with Gasteiger partial charge in [0.1, 0.15) is 5.82 Å². The zero-order valence-corrected chi connectivity index (χ0v) is 14.1. The van der Waals surface area contributed by atoms with E-state index in [4.69, 9.17) is 5.73 Å². The molecule has 0 aromatic heterocycles. The summed E-state index contributed by atoms with van der Waals surface area (Å²) in [5.74, 6) is 1.14. The Kier molecular flexibility index (Phi) is 4.11. The predicted octanol–water partition coefficient (Wildman–Crippen LogP) is 3.13. The summed E-state index contributed by atoms with van der Waals surface area (Å²) in [5, 5.41) is 3.18. The van der Waals surface area contributed by atoms with Crippen LogP contribution < -0.4 is 11.1 Å². The van der Waals surface area contributed by atoms with E-state index in [9.17, 15) is 9.18 Å². The maximum atomic E-state index is 13.5. The molecule has 0 saturated heterocycles. The molecule has 0 aliphatic heterocycles. The standard InChI is InChI=1S/C20H27FN2O/c21-17-6-2-5-16(11-17)20(7-8-20)12-23-19(24)15-9-13-3-1-4-14(10-15)18(13)22/h2,5-6,11,13-15,18H,1,3-4,7-10,12,22H2,(H,23,24). The number of nitrogens with one attached hydrogen (secondary N) is 1. The topological polar surface area (TPSA) is 55.1 Å². The predicted molar refractivity (Wildman–Crippen MR) is 91.9 cm³/mol. The number of benzene rings is 1. The molecule has 2 atom stereocenters. The van der Waals surface area contributed by atoms with Gasteiger partial charge in [-0.15, -0.1) is 0 Å². The summed E-state index contributed by atoms with van der Waals surface area (Å²) >= 11 is 0. The van der Waals surface area contributed by atoms with Crippen LogP contribution in [-0.2, 0) is 10.2 Å². The summed E-state index contributed by atoms with van der Waals surface area (Å²) in [7, 11) is 0. The summed E-state index contributed by atoms with van der Waals surface area (Å²) in [4.78, 5) is 12.7.